The molecule has 0 aliphatic carbocycles. The number of halogens is 2. The van der Waals surface area contributed by atoms with Crippen molar-refractivity contribution in [2.24, 2.45) is 0 Å². The number of ketones is 1. The number of carbonyl (C=O) groups excluding carboxylic acids is 3. The molecule has 0 heterocycles. The summed E-state index contributed by atoms with van der Waals surface area (Å²) in [7, 11) is 0. The first-order chi connectivity index (χ1) is 7.43. The molecule has 0 atom stereocenters. The third-order valence-electron chi connectivity index (χ3n) is 1.65. The molecular weight excluding hydrogens is 255 g/mol. The van der Waals surface area contributed by atoms with Gasteiger partial charge in [-0.15, -0.1) is 0 Å². The highest BCUT2D eigenvalue weighted by atomic mass is 35.5. The molecular formula is C9H14Cl2N2O3. The van der Waals surface area contributed by atoms with Gasteiger partial charge >= 0.3 is 0 Å². The van der Waals surface area contributed by atoms with Crippen molar-refractivity contribution in [3.05, 3.63) is 0 Å². The van der Waals surface area contributed by atoms with E-state index in [2.05, 4.69) is 10.6 Å². The van der Waals surface area contributed by atoms with Gasteiger partial charge in [0.2, 0.25) is 5.91 Å². The Balaban J connectivity index is 3.48. The fraction of sp³-hybridized carbons (Fsp3) is 0.667. The quantitative estimate of drug-likeness (QED) is 0.518. The van der Waals surface area contributed by atoms with Crippen LogP contribution in [0.1, 0.15) is 19.8 Å². The van der Waals surface area contributed by atoms with Gasteiger partial charge in [-0.25, -0.2) is 0 Å². The molecule has 7 heteroatoms. The maximum Gasteiger partial charge on any atom is 0.253 e. The first-order valence-electron chi connectivity index (χ1n) is 4.75. The number of carbonyl (C=O) groups is 3. The van der Waals surface area contributed by atoms with Crippen LogP contribution in [0.5, 0.6) is 0 Å². The van der Waals surface area contributed by atoms with Gasteiger partial charge in [-0.1, -0.05) is 23.2 Å². The first-order valence-corrected chi connectivity index (χ1v) is 5.62. The number of Topliss-reactive ketones (excluding diaryl/α,β-unsaturated/α-hetero) is 1. The molecule has 0 fully saturated rings. The molecule has 0 spiro atoms. The SMILES string of the molecule is CC(=O)CCC(=O)NCCNC(=O)C(Cl)Cl. The zero-order chi connectivity index (χ0) is 12.6. The summed E-state index contributed by atoms with van der Waals surface area (Å²) >= 11 is 10.6. The minimum absolute atomic E-state index is 0.0319. The second-order valence-corrected chi connectivity index (χ2v) is 4.24. The molecule has 92 valence electrons. The average Bonchev–Trinajstić information content (AvgIpc) is 2.20. The largest absolute Gasteiger partial charge is 0.354 e. The lowest BCUT2D eigenvalue weighted by molar-refractivity contribution is -0.124. The van der Waals surface area contributed by atoms with E-state index < -0.39 is 10.7 Å². The van der Waals surface area contributed by atoms with E-state index in [9.17, 15) is 14.4 Å². The summed E-state index contributed by atoms with van der Waals surface area (Å²) in [4.78, 5) is 31.4. The van der Waals surface area contributed by atoms with Gasteiger partial charge in [-0.3, -0.25) is 9.59 Å². The summed E-state index contributed by atoms with van der Waals surface area (Å²) in [5.41, 5.74) is 0. The summed E-state index contributed by atoms with van der Waals surface area (Å²) in [6.45, 7) is 1.96. The Morgan fingerprint density at radius 3 is 2.12 bits per heavy atom. The van der Waals surface area contributed by atoms with Gasteiger partial charge in [-0.2, -0.15) is 0 Å². The third-order valence-corrected chi connectivity index (χ3v) is 2.05. The first kappa shape index (κ1) is 15.2. The van der Waals surface area contributed by atoms with E-state index in [0.717, 1.165) is 0 Å². The van der Waals surface area contributed by atoms with Crippen molar-refractivity contribution < 1.29 is 14.4 Å². The molecule has 0 bridgehead atoms. The Bertz CT molecular complexity index is 269. The number of rotatable bonds is 7. The molecule has 0 aliphatic rings. The molecule has 2 amide bonds. The van der Waals surface area contributed by atoms with Gasteiger partial charge in [0.25, 0.3) is 5.91 Å². The van der Waals surface area contributed by atoms with E-state index in [1.807, 2.05) is 0 Å². The summed E-state index contributed by atoms with van der Waals surface area (Å²) in [5, 5.41) is 4.96. The molecule has 0 aromatic carbocycles. The number of nitrogens with one attached hydrogen (secondary N) is 2. The van der Waals surface area contributed by atoms with Crippen LogP contribution in [0.3, 0.4) is 0 Å². The zero-order valence-electron chi connectivity index (χ0n) is 8.89. The van der Waals surface area contributed by atoms with Crippen LogP contribution in [0.2, 0.25) is 0 Å². The highest BCUT2D eigenvalue weighted by Crippen LogP contribution is 1.99. The Morgan fingerprint density at radius 1 is 1.06 bits per heavy atom. The second kappa shape index (κ2) is 8.35. The number of hydrogen-bond acceptors (Lipinski definition) is 3. The monoisotopic (exact) mass is 268 g/mol. The predicted octanol–water partition coefficient (Wildman–Crippen LogP) is 0.392. The normalized spacial score (nSPS) is 10.0. The zero-order valence-corrected chi connectivity index (χ0v) is 10.4. The van der Waals surface area contributed by atoms with Gasteiger partial charge in [0.1, 0.15) is 5.78 Å². The average molecular weight is 269 g/mol. The lowest BCUT2D eigenvalue weighted by atomic mass is 10.2. The van der Waals surface area contributed by atoms with Gasteiger partial charge in [-0.05, 0) is 6.92 Å². The van der Waals surface area contributed by atoms with Crippen LogP contribution in [-0.4, -0.2) is 35.5 Å². The van der Waals surface area contributed by atoms with Crippen molar-refractivity contribution in [3.8, 4) is 0 Å². The summed E-state index contributed by atoms with van der Waals surface area (Å²) in [6, 6.07) is 0. The molecule has 16 heavy (non-hydrogen) atoms. The van der Waals surface area contributed by atoms with Crippen LogP contribution in [0, 0.1) is 0 Å². The minimum atomic E-state index is -1.10. The fourth-order valence-corrected chi connectivity index (χ4v) is 0.997. The van der Waals surface area contributed by atoms with Crippen molar-refractivity contribution in [1.29, 1.82) is 0 Å². The van der Waals surface area contributed by atoms with Crippen molar-refractivity contribution in [1.82, 2.24) is 10.6 Å². The van der Waals surface area contributed by atoms with E-state index in [1.54, 1.807) is 0 Å². The Hall–Kier alpha value is -0.810. The molecule has 5 nitrogen and oxygen atoms in total. The Labute approximate surface area is 104 Å². The molecule has 0 saturated carbocycles. The Morgan fingerprint density at radius 2 is 1.62 bits per heavy atom. The summed E-state index contributed by atoms with van der Waals surface area (Å²) in [6.07, 6.45) is 0.389. The van der Waals surface area contributed by atoms with Crippen molar-refractivity contribution >= 4 is 40.8 Å². The van der Waals surface area contributed by atoms with E-state index in [1.165, 1.54) is 6.92 Å². The molecule has 0 radical (unpaired) electrons. The van der Waals surface area contributed by atoms with Crippen LogP contribution in [0.25, 0.3) is 0 Å². The van der Waals surface area contributed by atoms with E-state index in [0.29, 0.717) is 0 Å². The molecule has 0 aromatic rings. The fourth-order valence-electron chi connectivity index (χ4n) is 0.843. The van der Waals surface area contributed by atoms with E-state index in [-0.39, 0.29) is 37.6 Å². The second-order valence-electron chi connectivity index (χ2n) is 3.14. The van der Waals surface area contributed by atoms with Crippen LogP contribution in [0.4, 0.5) is 0 Å². The number of hydrogen-bond donors (Lipinski definition) is 2. The van der Waals surface area contributed by atoms with Gasteiger partial charge in [0.05, 0.1) is 0 Å². The molecule has 2 N–H and O–H groups in total. The van der Waals surface area contributed by atoms with Crippen molar-refractivity contribution in [2.45, 2.75) is 24.6 Å². The van der Waals surface area contributed by atoms with Crippen LogP contribution in [0.15, 0.2) is 0 Å². The molecule has 0 aliphatic heterocycles. The van der Waals surface area contributed by atoms with E-state index in [4.69, 9.17) is 23.2 Å². The number of amides is 2. The maximum absolute atomic E-state index is 11.1. The lowest BCUT2D eigenvalue weighted by Gasteiger charge is -2.06. The van der Waals surface area contributed by atoms with Crippen LogP contribution < -0.4 is 10.6 Å². The smallest absolute Gasteiger partial charge is 0.253 e. The van der Waals surface area contributed by atoms with Crippen molar-refractivity contribution in [2.75, 3.05) is 13.1 Å². The molecule has 0 aromatic heterocycles. The maximum atomic E-state index is 11.1. The van der Waals surface area contributed by atoms with Crippen molar-refractivity contribution in [3.63, 3.8) is 0 Å². The van der Waals surface area contributed by atoms with Gasteiger partial charge in [0.15, 0.2) is 4.84 Å². The third kappa shape index (κ3) is 8.49. The summed E-state index contributed by atoms with van der Waals surface area (Å²) < 4.78 is 0. The standard InChI is InChI=1S/C9H14Cl2N2O3/c1-6(14)2-3-7(15)12-4-5-13-9(16)8(10)11/h8H,2-5H2,1H3,(H,12,15)(H,13,16). The minimum Gasteiger partial charge on any atom is -0.354 e. The number of alkyl halides is 2. The highest BCUT2D eigenvalue weighted by Gasteiger charge is 2.09. The molecule has 0 saturated heterocycles. The summed E-state index contributed by atoms with van der Waals surface area (Å²) in [5.74, 6) is -0.755. The Kier molecular flexibility index (Phi) is 7.93. The van der Waals surface area contributed by atoms with Gasteiger partial charge < -0.3 is 15.4 Å². The molecule has 0 rings (SSSR count). The highest BCUT2D eigenvalue weighted by molar-refractivity contribution is 6.53. The van der Waals surface area contributed by atoms with E-state index >= 15 is 0 Å². The lowest BCUT2D eigenvalue weighted by Crippen LogP contribution is -2.36. The van der Waals surface area contributed by atoms with Gasteiger partial charge in [0, 0.05) is 25.9 Å². The van der Waals surface area contributed by atoms with Crippen LogP contribution >= 0.6 is 23.2 Å². The topological polar surface area (TPSA) is 75.3 Å². The van der Waals surface area contributed by atoms with Crippen LogP contribution in [-0.2, 0) is 14.4 Å². The predicted molar refractivity (Wildman–Crippen MR) is 61.4 cm³/mol. The molecule has 0 unspecified atom stereocenters.